The summed E-state index contributed by atoms with van der Waals surface area (Å²) in [4.78, 5) is 24.0. The molecule has 0 unspecified atom stereocenters. The van der Waals surface area contributed by atoms with Crippen molar-refractivity contribution in [3.05, 3.63) is 64.3 Å². The molecule has 27 heavy (non-hydrogen) atoms. The lowest BCUT2D eigenvalue weighted by Crippen LogP contribution is -2.20. The highest BCUT2D eigenvalue weighted by Gasteiger charge is 2.13. The minimum Gasteiger partial charge on any atom is -0.452 e. The molecule has 0 saturated carbocycles. The lowest BCUT2D eigenvalue weighted by molar-refractivity contribution is -0.119. The second kappa shape index (κ2) is 7.85. The van der Waals surface area contributed by atoms with Crippen LogP contribution in [0.5, 0.6) is 0 Å². The van der Waals surface area contributed by atoms with Crippen molar-refractivity contribution in [3.63, 3.8) is 0 Å². The fraction of sp³-hybridized carbons (Fsp3) is 0.158. The monoisotopic (exact) mass is 380 g/mol. The summed E-state index contributed by atoms with van der Waals surface area (Å²) in [6, 6.07) is 12.3. The molecule has 136 valence electrons. The van der Waals surface area contributed by atoms with Crippen LogP contribution in [0.15, 0.2) is 41.8 Å². The molecule has 0 spiro atoms. The molecule has 0 saturated heterocycles. The normalized spacial score (nSPS) is 10.3. The third-order valence-electron chi connectivity index (χ3n) is 3.73. The maximum absolute atomic E-state index is 12.1. The Hall–Kier alpha value is -3.44. The Balaban J connectivity index is 1.59. The predicted molar refractivity (Wildman–Crippen MR) is 101 cm³/mol. The molecular weight excluding hydrogens is 364 g/mol. The van der Waals surface area contributed by atoms with Crippen LogP contribution in [0.1, 0.15) is 27.3 Å². The molecule has 0 aliphatic rings. The molecule has 1 amide bonds. The van der Waals surface area contributed by atoms with Gasteiger partial charge in [0.2, 0.25) is 0 Å². The first-order valence-corrected chi connectivity index (χ1v) is 8.94. The van der Waals surface area contributed by atoms with E-state index in [9.17, 15) is 9.59 Å². The van der Waals surface area contributed by atoms with Crippen molar-refractivity contribution in [2.75, 3.05) is 11.9 Å². The molecule has 0 radical (unpaired) electrons. The van der Waals surface area contributed by atoms with E-state index in [0.717, 1.165) is 17.1 Å². The number of aryl methyl sites for hydroxylation is 2. The molecule has 0 bridgehead atoms. The number of hydrogen-bond donors (Lipinski definition) is 1. The summed E-state index contributed by atoms with van der Waals surface area (Å²) in [5.41, 5.74) is 3.44. The number of anilines is 1. The molecule has 8 heteroatoms. The third-order valence-corrected chi connectivity index (χ3v) is 4.56. The van der Waals surface area contributed by atoms with E-state index in [4.69, 9.17) is 10.00 Å². The minimum absolute atomic E-state index is 0.335. The van der Waals surface area contributed by atoms with Crippen molar-refractivity contribution in [1.29, 1.82) is 5.26 Å². The van der Waals surface area contributed by atoms with Gasteiger partial charge < -0.3 is 10.1 Å². The lowest BCUT2D eigenvalue weighted by atomic mass is 10.2. The zero-order chi connectivity index (χ0) is 19.4. The number of carbonyl (C=O) groups is 2. The maximum atomic E-state index is 12.1. The Morgan fingerprint density at radius 3 is 2.63 bits per heavy atom. The van der Waals surface area contributed by atoms with Gasteiger partial charge >= 0.3 is 5.97 Å². The molecule has 0 aliphatic carbocycles. The van der Waals surface area contributed by atoms with Crippen molar-refractivity contribution >= 4 is 28.2 Å². The number of carbonyl (C=O) groups excluding carboxylic acids is 2. The third kappa shape index (κ3) is 4.22. The van der Waals surface area contributed by atoms with Crippen LogP contribution in [0, 0.1) is 25.2 Å². The Kier molecular flexibility index (Phi) is 5.33. The van der Waals surface area contributed by atoms with Gasteiger partial charge in [0.1, 0.15) is 11.1 Å². The van der Waals surface area contributed by atoms with Gasteiger partial charge in [0.05, 0.1) is 22.5 Å². The summed E-state index contributed by atoms with van der Waals surface area (Å²) in [5.74, 6) is -1.10. The number of thiophene rings is 1. The molecule has 0 atom stereocenters. The number of benzene rings is 1. The summed E-state index contributed by atoms with van der Waals surface area (Å²) in [6.45, 7) is 3.43. The number of hydrogen-bond acceptors (Lipinski definition) is 6. The van der Waals surface area contributed by atoms with Crippen molar-refractivity contribution in [1.82, 2.24) is 9.78 Å². The Morgan fingerprint density at radius 2 is 2.00 bits per heavy atom. The van der Waals surface area contributed by atoms with Crippen LogP contribution in [0.2, 0.25) is 0 Å². The van der Waals surface area contributed by atoms with Gasteiger partial charge in [-0.25, -0.2) is 9.48 Å². The van der Waals surface area contributed by atoms with E-state index in [1.807, 2.05) is 26.0 Å². The smallest absolute Gasteiger partial charge is 0.338 e. The van der Waals surface area contributed by atoms with Crippen LogP contribution in [0.4, 0.5) is 5.00 Å². The van der Waals surface area contributed by atoms with Gasteiger partial charge in [0.15, 0.2) is 6.61 Å². The first kappa shape index (κ1) is 18.4. The standard InChI is InChI=1S/C19H16N4O3S/c1-12-9-13(2)23(22-12)16-5-3-14(4-6-16)19(25)26-11-17(24)21-18-15(10-20)7-8-27-18/h3-9H,11H2,1-2H3,(H,21,24). The number of nitrogens with zero attached hydrogens (tertiary/aromatic N) is 3. The Bertz CT molecular complexity index is 1030. The number of rotatable bonds is 5. The van der Waals surface area contributed by atoms with Crippen LogP contribution in [-0.4, -0.2) is 28.3 Å². The van der Waals surface area contributed by atoms with E-state index in [1.54, 1.807) is 40.4 Å². The molecule has 2 aromatic heterocycles. The van der Waals surface area contributed by atoms with E-state index in [-0.39, 0.29) is 0 Å². The van der Waals surface area contributed by atoms with Gasteiger partial charge in [0, 0.05) is 5.69 Å². The predicted octanol–water partition coefficient (Wildman–Crippen LogP) is 3.22. The SMILES string of the molecule is Cc1cc(C)n(-c2ccc(C(=O)OCC(=O)Nc3sccc3C#N)cc2)n1. The fourth-order valence-corrected chi connectivity index (χ4v) is 3.25. The Labute approximate surface area is 159 Å². The van der Waals surface area contributed by atoms with Crippen LogP contribution >= 0.6 is 11.3 Å². The Morgan fingerprint density at radius 1 is 1.26 bits per heavy atom. The first-order chi connectivity index (χ1) is 13.0. The van der Waals surface area contributed by atoms with E-state index in [0.29, 0.717) is 16.1 Å². The summed E-state index contributed by atoms with van der Waals surface area (Å²) < 4.78 is 6.82. The average Bonchev–Trinajstić information content (AvgIpc) is 3.25. The lowest BCUT2D eigenvalue weighted by Gasteiger charge is -2.07. The van der Waals surface area contributed by atoms with Gasteiger partial charge in [-0.15, -0.1) is 11.3 Å². The zero-order valence-electron chi connectivity index (χ0n) is 14.7. The first-order valence-electron chi connectivity index (χ1n) is 8.06. The van der Waals surface area contributed by atoms with E-state index < -0.39 is 18.5 Å². The summed E-state index contributed by atoms with van der Waals surface area (Å²) in [6.07, 6.45) is 0. The highest BCUT2D eigenvalue weighted by molar-refractivity contribution is 7.14. The quantitative estimate of drug-likeness (QED) is 0.686. The van der Waals surface area contributed by atoms with Gasteiger partial charge in [-0.3, -0.25) is 4.79 Å². The van der Waals surface area contributed by atoms with Crippen LogP contribution in [0.3, 0.4) is 0 Å². The van der Waals surface area contributed by atoms with E-state index in [1.165, 1.54) is 11.3 Å². The number of nitriles is 1. The summed E-state index contributed by atoms with van der Waals surface area (Å²) in [5, 5.41) is 18.0. The highest BCUT2D eigenvalue weighted by Crippen LogP contribution is 2.22. The van der Waals surface area contributed by atoms with E-state index >= 15 is 0 Å². The van der Waals surface area contributed by atoms with Gasteiger partial charge in [-0.05, 0) is 55.6 Å². The largest absolute Gasteiger partial charge is 0.452 e. The molecule has 3 rings (SSSR count). The number of esters is 1. The molecule has 1 N–H and O–H groups in total. The minimum atomic E-state index is -0.600. The van der Waals surface area contributed by atoms with Gasteiger partial charge in [-0.2, -0.15) is 10.4 Å². The van der Waals surface area contributed by atoms with Crippen LogP contribution < -0.4 is 5.32 Å². The second-order valence-corrected chi connectivity index (χ2v) is 6.70. The van der Waals surface area contributed by atoms with Gasteiger partial charge in [0.25, 0.3) is 5.91 Å². The highest BCUT2D eigenvalue weighted by atomic mass is 32.1. The molecular formula is C19H16N4O3S. The average molecular weight is 380 g/mol. The number of ether oxygens (including phenoxy) is 1. The van der Waals surface area contributed by atoms with Crippen molar-refractivity contribution in [2.45, 2.75) is 13.8 Å². The maximum Gasteiger partial charge on any atom is 0.338 e. The van der Waals surface area contributed by atoms with Crippen molar-refractivity contribution in [2.24, 2.45) is 0 Å². The fourth-order valence-electron chi connectivity index (χ4n) is 2.50. The number of nitrogens with one attached hydrogen (secondary N) is 1. The second-order valence-electron chi connectivity index (χ2n) is 5.79. The molecule has 1 aromatic carbocycles. The summed E-state index contributed by atoms with van der Waals surface area (Å²) in [7, 11) is 0. The molecule has 7 nitrogen and oxygen atoms in total. The number of amides is 1. The van der Waals surface area contributed by atoms with Crippen molar-refractivity contribution < 1.29 is 14.3 Å². The van der Waals surface area contributed by atoms with Crippen LogP contribution in [-0.2, 0) is 9.53 Å². The number of aromatic nitrogens is 2. The van der Waals surface area contributed by atoms with Gasteiger partial charge in [-0.1, -0.05) is 0 Å². The molecule has 2 heterocycles. The topological polar surface area (TPSA) is 97.0 Å². The van der Waals surface area contributed by atoms with Crippen LogP contribution in [0.25, 0.3) is 5.69 Å². The van der Waals surface area contributed by atoms with E-state index in [2.05, 4.69) is 10.4 Å². The van der Waals surface area contributed by atoms with Crippen molar-refractivity contribution in [3.8, 4) is 11.8 Å². The molecule has 3 aromatic rings. The summed E-state index contributed by atoms with van der Waals surface area (Å²) >= 11 is 1.23. The zero-order valence-corrected chi connectivity index (χ0v) is 15.5. The molecule has 0 fully saturated rings. The molecule has 0 aliphatic heterocycles.